The number of nitrogens with two attached hydrogens (primary N) is 1. The molecule has 0 spiro atoms. The summed E-state index contributed by atoms with van der Waals surface area (Å²) in [6, 6.07) is 4.49. The van der Waals surface area contributed by atoms with Crippen LogP contribution < -0.4 is 11.2 Å². The Morgan fingerprint density at radius 2 is 1.79 bits per heavy atom. The average molecular weight is 269 g/mol. The third-order valence-corrected chi connectivity index (χ3v) is 2.40. The first-order valence-corrected chi connectivity index (χ1v) is 5.27. The van der Waals surface area contributed by atoms with E-state index in [1.807, 2.05) is 0 Å². The van der Waals surface area contributed by atoms with Crippen LogP contribution in [0.3, 0.4) is 0 Å². The first-order valence-electron chi connectivity index (χ1n) is 5.27. The molecule has 0 unspecified atom stereocenters. The molecule has 0 aliphatic carbocycles. The zero-order valence-electron chi connectivity index (χ0n) is 9.86. The van der Waals surface area contributed by atoms with Gasteiger partial charge in [0.15, 0.2) is 11.5 Å². The average Bonchev–Trinajstić information content (AvgIpc) is 2.66. The van der Waals surface area contributed by atoms with Crippen molar-refractivity contribution in [2.75, 3.05) is 5.43 Å². The molecule has 0 saturated heterocycles. The fraction of sp³-hybridized carbons (Fsp3) is 0.182. The maximum absolute atomic E-state index is 12.4. The van der Waals surface area contributed by atoms with Gasteiger partial charge in [0.2, 0.25) is 0 Å². The molecule has 1 aromatic carbocycles. The molecule has 1 aliphatic heterocycles. The van der Waals surface area contributed by atoms with Crippen LogP contribution in [0.15, 0.2) is 39.6 Å². The Balaban J connectivity index is 2.11. The Bertz CT molecular complexity index is 549. The van der Waals surface area contributed by atoms with Gasteiger partial charge in [-0.05, 0) is 31.2 Å². The summed E-state index contributed by atoms with van der Waals surface area (Å²) in [6.45, 7) is 1.68. The van der Waals surface area contributed by atoms with Crippen LogP contribution in [0.5, 0.6) is 0 Å². The summed E-state index contributed by atoms with van der Waals surface area (Å²) in [5.41, 5.74) is 8.74. The molecule has 0 saturated carbocycles. The molecule has 5 nitrogen and oxygen atoms in total. The summed E-state index contributed by atoms with van der Waals surface area (Å²) in [4.78, 5) is 0. The highest BCUT2D eigenvalue weighted by Crippen LogP contribution is 2.29. The Morgan fingerprint density at radius 3 is 2.26 bits per heavy atom. The molecule has 3 N–H and O–H groups in total. The van der Waals surface area contributed by atoms with Crippen LogP contribution in [0.25, 0.3) is 0 Å². The Kier molecular flexibility index (Phi) is 3.24. The van der Waals surface area contributed by atoms with Crippen LogP contribution in [-0.2, 0) is 6.18 Å². The third-order valence-electron chi connectivity index (χ3n) is 2.40. The van der Waals surface area contributed by atoms with Gasteiger partial charge in [0.1, 0.15) is 0 Å². The lowest BCUT2D eigenvalue weighted by Crippen LogP contribution is -2.26. The number of hydrazone groups is 1. The molecule has 1 heterocycles. The number of hydrogen-bond acceptors (Lipinski definition) is 5. The number of alkyl halides is 3. The van der Waals surface area contributed by atoms with Crippen LogP contribution >= 0.6 is 0 Å². The highest BCUT2D eigenvalue weighted by molar-refractivity contribution is 6.69. The number of amidine groups is 1. The topological polar surface area (TPSA) is 75.1 Å². The molecule has 0 aromatic heterocycles. The summed E-state index contributed by atoms with van der Waals surface area (Å²) < 4.78 is 37.1. The number of rotatable bonds is 2. The fourth-order valence-electron chi connectivity index (χ4n) is 1.40. The van der Waals surface area contributed by atoms with Crippen molar-refractivity contribution in [1.82, 2.24) is 0 Å². The minimum atomic E-state index is -4.35. The summed E-state index contributed by atoms with van der Waals surface area (Å²) in [6.07, 6.45) is -4.35. The van der Waals surface area contributed by atoms with E-state index < -0.39 is 11.7 Å². The van der Waals surface area contributed by atoms with Crippen LogP contribution in [0.4, 0.5) is 18.9 Å². The summed E-state index contributed by atoms with van der Waals surface area (Å²) in [7, 11) is 0. The second-order valence-electron chi connectivity index (χ2n) is 3.82. The van der Waals surface area contributed by atoms with Gasteiger partial charge in [0, 0.05) is 0 Å². The predicted octanol–water partition coefficient (Wildman–Crippen LogP) is 2.22. The summed E-state index contributed by atoms with van der Waals surface area (Å²) in [5, 5.41) is 11.3. The molecule has 1 aliphatic rings. The molecule has 8 heteroatoms. The smallest absolute Gasteiger partial charge is 0.380 e. The Morgan fingerprint density at radius 1 is 1.16 bits per heavy atom. The van der Waals surface area contributed by atoms with Crippen molar-refractivity contribution in [3.8, 4) is 0 Å². The van der Waals surface area contributed by atoms with Crippen LogP contribution in [-0.4, -0.2) is 17.3 Å². The summed E-state index contributed by atoms with van der Waals surface area (Å²) >= 11 is 0. The monoisotopic (exact) mass is 269 g/mol. The van der Waals surface area contributed by atoms with Gasteiger partial charge in [0.05, 0.1) is 17.0 Å². The number of nitrogens with zero attached hydrogens (tertiary/aromatic N) is 3. The van der Waals surface area contributed by atoms with Crippen molar-refractivity contribution in [2.45, 2.75) is 13.1 Å². The van der Waals surface area contributed by atoms with Crippen LogP contribution in [0.1, 0.15) is 12.5 Å². The van der Waals surface area contributed by atoms with E-state index in [1.54, 1.807) is 6.92 Å². The second kappa shape index (κ2) is 4.71. The Labute approximate surface area is 106 Å². The van der Waals surface area contributed by atoms with Gasteiger partial charge in [-0.3, -0.25) is 5.43 Å². The molecule has 0 fully saturated rings. The van der Waals surface area contributed by atoms with E-state index in [0.29, 0.717) is 17.1 Å². The SMILES string of the molecule is CC1=NN=C(N)/C1=N/Nc1ccc(C(F)(F)F)cc1. The van der Waals surface area contributed by atoms with Gasteiger partial charge in [-0.15, -0.1) is 5.10 Å². The first-order chi connectivity index (χ1) is 8.88. The minimum absolute atomic E-state index is 0.164. The number of nitrogens with one attached hydrogen (secondary N) is 1. The molecular weight excluding hydrogens is 259 g/mol. The zero-order chi connectivity index (χ0) is 14.0. The number of hydrogen-bond donors (Lipinski definition) is 2. The van der Waals surface area contributed by atoms with Gasteiger partial charge in [0.25, 0.3) is 0 Å². The van der Waals surface area contributed by atoms with Crippen molar-refractivity contribution in [3.63, 3.8) is 0 Å². The fourth-order valence-corrected chi connectivity index (χ4v) is 1.40. The first kappa shape index (κ1) is 13.1. The lowest BCUT2D eigenvalue weighted by molar-refractivity contribution is -0.137. The van der Waals surface area contributed by atoms with Gasteiger partial charge in [-0.1, -0.05) is 0 Å². The van der Waals surface area contributed by atoms with Crippen molar-refractivity contribution >= 4 is 22.9 Å². The normalized spacial score (nSPS) is 17.4. The molecule has 19 heavy (non-hydrogen) atoms. The van der Waals surface area contributed by atoms with Gasteiger partial charge in [-0.2, -0.15) is 23.4 Å². The molecule has 1 aromatic rings. The molecular formula is C11H10F3N5. The highest BCUT2D eigenvalue weighted by atomic mass is 19.4. The van der Waals surface area contributed by atoms with E-state index >= 15 is 0 Å². The van der Waals surface area contributed by atoms with Crippen molar-refractivity contribution in [1.29, 1.82) is 0 Å². The highest BCUT2D eigenvalue weighted by Gasteiger charge is 2.29. The van der Waals surface area contributed by atoms with Gasteiger partial charge in [-0.25, -0.2) is 0 Å². The van der Waals surface area contributed by atoms with Gasteiger partial charge >= 0.3 is 6.18 Å². The van der Waals surface area contributed by atoms with Crippen molar-refractivity contribution in [2.24, 2.45) is 21.0 Å². The van der Waals surface area contributed by atoms with E-state index in [-0.39, 0.29) is 5.84 Å². The predicted molar refractivity (Wildman–Crippen MR) is 67.2 cm³/mol. The lowest BCUT2D eigenvalue weighted by atomic mass is 10.2. The van der Waals surface area contributed by atoms with Crippen LogP contribution in [0.2, 0.25) is 0 Å². The van der Waals surface area contributed by atoms with E-state index in [4.69, 9.17) is 5.73 Å². The van der Waals surface area contributed by atoms with Crippen molar-refractivity contribution in [3.05, 3.63) is 29.8 Å². The molecule has 2 rings (SSSR count). The van der Waals surface area contributed by atoms with E-state index in [9.17, 15) is 13.2 Å². The van der Waals surface area contributed by atoms with Gasteiger partial charge < -0.3 is 5.73 Å². The molecule has 0 amide bonds. The largest absolute Gasteiger partial charge is 0.416 e. The molecule has 100 valence electrons. The van der Waals surface area contributed by atoms with E-state index in [2.05, 4.69) is 20.7 Å². The quantitative estimate of drug-likeness (QED) is 0.808. The standard InChI is InChI=1S/C11H10F3N5/c1-6-9(10(15)19-16-6)18-17-8-4-2-7(3-5-8)11(12,13)14/h2-5,17H,1H3,(H2,15,18,19). The third kappa shape index (κ3) is 2.90. The number of anilines is 1. The molecule has 0 atom stereocenters. The van der Waals surface area contributed by atoms with E-state index in [1.165, 1.54) is 12.1 Å². The minimum Gasteiger partial charge on any atom is -0.380 e. The zero-order valence-corrected chi connectivity index (χ0v) is 9.86. The lowest BCUT2D eigenvalue weighted by Gasteiger charge is -2.07. The maximum atomic E-state index is 12.4. The number of benzene rings is 1. The second-order valence-corrected chi connectivity index (χ2v) is 3.82. The Hall–Kier alpha value is -2.38. The number of halogens is 3. The van der Waals surface area contributed by atoms with Crippen LogP contribution in [0, 0.1) is 0 Å². The summed E-state index contributed by atoms with van der Waals surface area (Å²) in [5.74, 6) is 0.164. The molecule has 0 bridgehead atoms. The molecule has 0 radical (unpaired) electrons. The van der Waals surface area contributed by atoms with Crippen molar-refractivity contribution < 1.29 is 13.2 Å². The van der Waals surface area contributed by atoms with E-state index in [0.717, 1.165) is 12.1 Å². The maximum Gasteiger partial charge on any atom is 0.416 e.